The molecule has 1 atom stereocenters. The summed E-state index contributed by atoms with van der Waals surface area (Å²) in [6, 6.07) is 14.5. The fourth-order valence-electron chi connectivity index (χ4n) is 2.38. The number of aromatic nitrogens is 1. The van der Waals surface area contributed by atoms with E-state index >= 15 is 0 Å². The van der Waals surface area contributed by atoms with Crippen molar-refractivity contribution < 1.29 is 4.39 Å². The zero-order valence-corrected chi connectivity index (χ0v) is 12.8. The second-order valence-corrected chi connectivity index (χ2v) is 5.92. The summed E-state index contributed by atoms with van der Waals surface area (Å²) in [4.78, 5) is 4.28. The maximum atomic E-state index is 13.8. The zero-order valence-electron chi connectivity index (χ0n) is 11.3. The van der Waals surface area contributed by atoms with Crippen LogP contribution in [0, 0.1) is 5.82 Å². The lowest BCUT2D eigenvalue weighted by molar-refractivity contribution is 0.593. The summed E-state index contributed by atoms with van der Waals surface area (Å²) >= 11 is 3.36. The highest BCUT2D eigenvalue weighted by atomic mass is 79.9. The van der Waals surface area contributed by atoms with Crippen molar-refractivity contribution in [3.8, 4) is 0 Å². The lowest BCUT2D eigenvalue weighted by atomic mass is 9.98. The van der Waals surface area contributed by atoms with Crippen molar-refractivity contribution in [2.75, 3.05) is 0 Å². The quantitative estimate of drug-likeness (QED) is 0.765. The molecule has 0 saturated carbocycles. The van der Waals surface area contributed by atoms with Crippen molar-refractivity contribution in [1.82, 2.24) is 4.98 Å². The summed E-state index contributed by atoms with van der Waals surface area (Å²) in [6.45, 7) is 0. The molecule has 0 saturated heterocycles. The number of pyridine rings is 1. The molecule has 0 aliphatic carbocycles. The van der Waals surface area contributed by atoms with Gasteiger partial charge >= 0.3 is 0 Å². The number of rotatable bonds is 3. The molecule has 2 aromatic carbocycles. The molecule has 0 spiro atoms. The van der Waals surface area contributed by atoms with Crippen LogP contribution in [0.1, 0.15) is 17.2 Å². The van der Waals surface area contributed by atoms with Gasteiger partial charge in [-0.15, -0.1) is 0 Å². The van der Waals surface area contributed by atoms with Crippen LogP contribution in [0.3, 0.4) is 0 Å². The lowest BCUT2D eigenvalue weighted by Gasteiger charge is -2.14. The molecule has 1 aromatic heterocycles. The predicted molar refractivity (Wildman–Crippen MR) is 86.5 cm³/mol. The number of hydrogen-bond acceptors (Lipinski definition) is 2. The Balaban J connectivity index is 1.89. The van der Waals surface area contributed by atoms with Crippen LogP contribution >= 0.6 is 15.9 Å². The van der Waals surface area contributed by atoms with Crippen LogP contribution in [-0.2, 0) is 6.42 Å². The number of benzene rings is 2. The minimum absolute atomic E-state index is 0.226. The van der Waals surface area contributed by atoms with Crippen LogP contribution in [0.2, 0.25) is 0 Å². The second kappa shape index (κ2) is 5.92. The van der Waals surface area contributed by atoms with Crippen LogP contribution in [0.15, 0.2) is 59.2 Å². The van der Waals surface area contributed by atoms with Gasteiger partial charge < -0.3 is 5.73 Å². The molecular formula is C17H14BrFN2. The summed E-state index contributed by atoms with van der Waals surface area (Å²) < 4.78 is 14.7. The van der Waals surface area contributed by atoms with E-state index in [4.69, 9.17) is 5.73 Å². The van der Waals surface area contributed by atoms with E-state index in [0.717, 1.165) is 20.9 Å². The molecule has 0 fully saturated rings. The van der Waals surface area contributed by atoms with E-state index in [1.54, 1.807) is 18.3 Å². The monoisotopic (exact) mass is 344 g/mol. The van der Waals surface area contributed by atoms with Crippen LogP contribution < -0.4 is 5.73 Å². The molecule has 2 N–H and O–H groups in total. The first-order valence-electron chi connectivity index (χ1n) is 6.67. The predicted octanol–water partition coefficient (Wildman–Crippen LogP) is 4.38. The average molecular weight is 345 g/mol. The fourth-order valence-corrected chi connectivity index (χ4v) is 2.79. The Morgan fingerprint density at radius 3 is 2.86 bits per heavy atom. The Bertz CT molecular complexity index is 789. The van der Waals surface area contributed by atoms with Crippen molar-refractivity contribution in [2.24, 2.45) is 5.73 Å². The topological polar surface area (TPSA) is 38.9 Å². The average Bonchev–Trinajstić information content (AvgIpc) is 2.50. The van der Waals surface area contributed by atoms with Crippen LogP contribution in [-0.4, -0.2) is 4.98 Å². The highest BCUT2D eigenvalue weighted by Crippen LogP contribution is 2.23. The molecule has 1 heterocycles. The number of halogens is 2. The van der Waals surface area contributed by atoms with Crippen LogP contribution in [0.25, 0.3) is 10.9 Å². The fraction of sp³-hybridized carbons (Fsp3) is 0.118. The van der Waals surface area contributed by atoms with Crippen molar-refractivity contribution in [1.29, 1.82) is 0 Å². The van der Waals surface area contributed by atoms with Crippen molar-refractivity contribution in [2.45, 2.75) is 12.5 Å². The first-order chi connectivity index (χ1) is 10.1. The highest BCUT2D eigenvalue weighted by Gasteiger charge is 2.11. The van der Waals surface area contributed by atoms with Gasteiger partial charge in [-0.05, 0) is 53.9 Å². The highest BCUT2D eigenvalue weighted by molar-refractivity contribution is 9.10. The molecule has 0 aliphatic rings. The van der Waals surface area contributed by atoms with Gasteiger partial charge in [-0.1, -0.05) is 28.1 Å². The minimum Gasteiger partial charge on any atom is -0.324 e. The third-order valence-electron chi connectivity index (χ3n) is 3.50. The first-order valence-corrected chi connectivity index (χ1v) is 7.47. The normalized spacial score (nSPS) is 12.5. The third-order valence-corrected chi connectivity index (χ3v) is 4.00. The molecule has 3 rings (SSSR count). The molecule has 0 aliphatic heterocycles. The Hall–Kier alpha value is -1.78. The van der Waals surface area contributed by atoms with Gasteiger partial charge in [0.15, 0.2) is 0 Å². The molecule has 2 nitrogen and oxygen atoms in total. The SMILES string of the molecule is NC(Cc1cc(Br)ccc1F)c1ccc2ncccc2c1. The molecule has 1 unspecified atom stereocenters. The van der Waals surface area contributed by atoms with Gasteiger partial charge in [-0.2, -0.15) is 0 Å². The number of fused-ring (bicyclic) bond motifs is 1. The molecule has 0 radical (unpaired) electrons. The molecule has 3 aromatic rings. The number of nitrogens with two attached hydrogens (primary N) is 1. The number of hydrogen-bond donors (Lipinski definition) is 1. The van der Waals surface area contributed by atoms with Crippen molar-refractivity contribution in [3.05, 3.63) is 76.1 Å². The molecule has 0 bridgehead atoms. The van der Waals surface area contributed by atoms with Gasteiger partial charge in [-0.3, -0.25) is 4.98 Å². The van der Waals surface area contributed by atoms with E-state index in [-0.39, 0.29) is 11.9 Å². The Labute approximate surface area is 130 Å². The summed E-state index contributed by atoms with van der Waals surface area (Å²) in [5.74, 6) is -0.226. The summed E-state index contributed by atoms with van der Waals surface area (Å²) in [6.07, 6.45) is 2.22. The zero-order chi connectivity index (χ0) is 14.8. The largest absolute Gasteiger partial charge is 0.324 e. The lowest BCUT2D eigenvalue weighted by Crippen LogP contribution is -2.14. The van der Waals surface area contributed by atoms with E-state index < -0.39 is 0 Å². The Morgan fingerprint density at radius 2 is 2.00 bits per heavy atom. The van der Waals surface area contributed by atoms with Gasteiger partial charge in [0.2, 0.25) is 0 Å². The molecule has 21 heavy (non-hydrogen) atoms. The molecule has 0 amide bonds. The number of nitrogens with zero attached hydrogens (tertiary/aromatic N) is 1. The van der Waals surface area contributed by atoms with E-state index in [2.05, 4.69) is 20.9 Å². The summed E-state index contributed by atoms with van der Waals surface area (Å²) in [7, 11) is 0. The van der Waals surface area contributed by atoms with Crippen molar-refractivity contribution >= 4 is 26.8 Å². The Kier molecular flexibility index (Phi) is 3.99. The molecule has 106 valence electrons. The maximum Gasteiger partial charge on any atom is 0.126 e. The van der Waals surface area contributed by atoms with Crippen LogP contribution in [0.5, 0.6) is 0 Å². The first kappa shape index (κ1) is 14.2. The van der Waals surface area contributed by atoms with Gasteiger partial charge in [0.05, 0.1) is 5.52 Å². The minimum atomic E-state index is -0.251. The van der Waals surface area contributed by atoms with Gasteiger partial charge in [0.1, 0.15) is 5.82 Å². The van der Waals surface area contributed by atoms with E-state index in [0.29, 0.717) is 12.0 Å². The standard InChI is InChI=1S/C17H14BrFN2/c18-14-4-5-15(19)13(9-14)10-16(20)11-3-6-17-12(8-11)2-1-7-21-17/h1-9,16H,10,20H2. The second-order valence-electron chi connectivity index (χ2n) is 5.00. The summed E-state index contributed by atoms with van der Waals surface area (Å²) in [5.41, 5.74) is 8.76. The maximum absolute atomic E-state index is 13.8. The van der Waals surface area contributed by atoms with Gasteiger partial charge in [0.25, 0.3) is 0 Å². The van der Waals surface area contributed by atoms with Gasteiger partial charge in [-0.25, -0.2) is 4.39 Å². The van der Waals surface area contributed by atoms with Crippen LogP contribution in [0.4, 0.5) is 4.39 Å². The van der Waals surface area contributed by atoms with E-state index in [9.17, 15) is 4.39 Å². The molecular weight excluding hydrogens is 331 g/mol. The third kappa shape index (κ3) is 3.12. The summed E-state index contributed by atoms with van der Waals surface area (Å²) in [5, 5.41) is 1.04. The smallest absolute Gasteiger partial charge is 0.126 e. The molecule has 4 heteroatoms. The van der Waals surface area contributed by atoms with Crippen molar-refractivity contribution in [3.63, 3.8) is 0 Å². The van der Waals surface area contributed by atoms with E-state index in [1.807, 2.05) is 30.3 Å². The Morgan fingerprint density at radius 1 is 1.14 bits per heavy atom. The van der Waals surface area contributed by atoms with Gasteiger partial charge in [0, 0.05) is 22.1 Å². The van der Waals surface area contributed by atoms with E-state index in [1.165, 1.54) is 6.07 Å².